The van der Waals surface area contributed by atoms with Gasteiger partial charge in [-0.15, -0.1) is 23.2 Å². The lowest BCUT2D eigenvalue weighted by Crippen LogP contribution is -2.36. The van der Waals surface area contributed by atoms with Gasteiger partial charge in [-0.2, -0.15) is 0 Å². The largest absolute Gasteiger partial charge is 0.301 e. The van der Waals surface area contributed by atoms with Crippen LogP contribution in [0.1, 0.15) is 12.8 Å². The van der Waals surface area contributed by atoms with E-state index in [0.717, 1.165) is 12.7 Å². The fourth-order valence-electron chi connectivity index (χ4n) is 1.22. The van der Waals surface area contributed by atoms with E-state index in [-0.39, 0.29) is 5.92 Å². The van der Waals surface area contributed by atoms with Crippen molar-refractivity contribution >= 4 is 29.5 Å². The molecular formula is C8H10Cl2O. The summed E-state index contributed by atoms with van der Waals surface area (Å²) in [6.07, 6.45) is 6.19. The maximum atomic E-state index is 10.6. The molecular weight excluding hydrogens is 183 g/mol. The van der Waals surface area contributed by atoms with Crippen LogP contribution in [0.4, 0.5) is 0 Å². The van der Waals surface area contributed by atoms with Gasteiger partial charge in [-0.25, -0.2) is 0 Å². The van der Waals surface area contributed by atoms with Crippen LogP contribution in [0.2, 0.25) is 0 Å². The van der Waals surface area contributed by atoms with Gasteiger partial charge in [0.05, 0.1) is 0 Å². The zero-order chi connectivity index (χ0) is 8.32. The Morgan fingerprint density at radius 1 is 1.64 bits per heavy atom. The number of aldehydes is 1. The summed E-state index contributed by atoms with van der Waals surface area (Å²) in [6, 6.07) is 0. The van der Waals surface area contributed by atoms with Crippen molar-refractivity contribution in [2.45, 2.75) is 17.7 Å². The van der Waals surface area contributed by atoms with Crippen LogP contribution < -0.4 is 0 Å². The van der Waals surface area contributed by atoms with Crippen molar-refractivity contribution in [3.8, 4) is 0 Å². The molecule has 3 heteroatoms. The second-order valence-electron chi connectivity index (χ2n) is 2.81. The van der Waals surface area contributed by atoms with Crippen molar-refractivity contribution in [1.29, 1.82) is 0 Å². The summed E-state index contributed by atoms with van der Waals surface area (Å²) >= 11 is 11.7. The van der Waals surface area contributed by atoms with Gasteiger partial charge in [0.2, 0.25) is 0 Å². The molecule has 0 N–H and O–H groups in total. The molecule has 2 unspecified atom stereocenters. The highest BCUT2D eigenvalue weighted by Crippen LogP contribution is 2.34. The number of halogens is 2. The average Bonchev–Trinajstić information content (AvgIpc) is 2.05. The van der Waals surface area contributed by atoms with Crippen molar-refractivity contribution in [1.82, 2.24) is 0 Å². The van der Waals surface area contributed by atoms with E-state index < -0.39 is 4.87 Å². The van der Waals surface area contributed by atoms with E-state index in [1.54, 1.807) is 0 Å². The molecule has 0 fully saturated rings. The van der Waals surface area contributed by atoms with Crippen LogP contribution in [-0.4, -0.2) is 17.0 Å². The highest BCUT2D eigenvalue weighted by molar-refractivity contribution is 6.32. The van der Waals surface area contributed by atoms with Crippen molar-refractivity contribution in [3.05, 3.63) is 12.2 Å². The van der Waals surface area contributed by atoms with E-state index >= 15 is 0 Å². The second-order valence-corrected chi connectivity index (χ2v) is 3.82. The van der Waals surface area contributed by atoms with Gasteiger partial charge in [0, 0.05) is 11.8 Å². The molecule has 0 saturated carbocycles. The highest BCUT2D eigenvalue weighted by Gasteiger charge is 2.36. The molecule has 62 valence electrons. The molecule has 0 aromatic carbocycles. The monoisotopic (exact) mass is 192 g/mol. The first kappa shape index (κ1) is 9.08. The summed E-state index contributed by atoms with van der Waals surface area (Å²) in [4.78, 5) is 9.89. The standard InChI is InChI=1S/C8H10Cl2O/c9-5-7-3-1-2-4-8(7,10)6-11/h1-2,6-7H,3-5H2. The van der Waals surface area contributed by atoms with Crippen LogP contribution >= 0.6 is 23.2 Å². The smallest absolute Gasteiger partial charge is 0.141 e. The number of carbonyl (C=O) groups excluding carboxylic acids is 1. The molecule has 0 spiro atoms. The molecule has 0 aromatic heterocycles. The molecule has 0 heterocycles. The summed E-state index contributed by atoms with van der Waals surface area (Å²) in [6.45, 7) is 0. The molecule has 0 aromatic rings. The van der Waals surface area contributed by atoms with Crippen LogP contribution in [0, 0.1) is 5.92 Å². The summed E-state index contributed by atoms with van der Waals surface area (Å²) in [5, 5.41) is 0. The normalized spacial score (nSPS) is 37.1. The van der Waals surface area contributed by atoms with Gasteiger partial charge in [0.15, 0.2) is 0 Å². The minimum atomic E-state index is -0.740. The van der Waals surface area contributed by atoms with Crippen molar-refractivity contribution in [2.75, 3.05) is 5.88 Å². The molecule has 1 nitrogen and oxygen atoms in total. The zero-order valence-electron chi connectivity index (χ0n) is 6.09. The fraction of sp³-hybridized carbons (Fsp3) is 0.625. The third-order valence-electron chi connectivity index (χ3n) is 2.08. The van der Waals surface area contributed by atoms with Crippen molar-refractivity contribution in [3.63, 3.8) is 0 Å². The predicted molar refractivity (Wildman–Crippen MR) is 47.2 cm³/mol. The van der Waals surface area contributed by atoms with Gasteiger partial charge >= 0.3 is 0 Å². The third kappa shape index (κ3) is 1.77. The molecule has 0 aliphatic heterocycles. The SMILES string of the molecule is O=CC1(Cl)CC=CCC1CCl. The van der Waals surface area contributed by atoms with Crippen molar-refractivity contribution < 1.29 is 4.79 Å². The number of carbonyl (C=O) groups is 1. The maximum Gasteiger partial charge on any atom is 0.141 e. The van der Waals surface area contributed by atoms with E-state index in [1.165, 1.54) is 0 Å². The molecule has 1 aliphatic rings. The maximum absolute atomic E-state index is 10.6. The van der Waals surface area contributed by atoms with E-state index in [0.29, 0.717) is 12.3 Å². The summed E-state index contributed by atoms with van der Waals surface area (Å²) < 4.78 is 0. The minimum Gasteiger partial charge on any atom is -0.301 e. The topological polar surface area (TPSA) is 17.1 Å². The Balaban J connectivity index is 2.75. The molecule has 1 aliphatic carbocycles. The second kappa shape index (κ2) is 3.59. The van der Waals surface area contributed by atoms with E-state index in [4.69, 9.17) is 23.2 Å². The van der Waals surface area contributed by atoms with Crippen LogP contribution in [0.5, 0.6) is 0 Å². The average molecular weight is 193 g/mol. The zero-order valence-corrected chi connectivity index (χ0v) is 7.61. The summed E-state index contributed by atoms with van der Waals surface area (Å²) in [5.74, 6) is 0.542. The number of alkyl halides is 2. The Morgan fingerprint density at radius 2 is 2.36 bits per heavy atom. The molecule has 0 bridgehead atoms. The number of rotatable bonds is 2. The molecule has 11 heavy (non-hydrogen) atoms. The lowest BCUT2D eigenvalue weighted by atomic mass is 9.84. The summed E-state index contributed by atoms with van der Waals surface area (Å²) in [7, 11) is 0. The third-order valence-corrected chi connectivity index (χ3v) is 3.00. The Bertz CT molecular complexity index is 179. The van der Waals surface area contributed by atoms with E-state index in [9.17, 15) is 4.79 Å². The van der Waals surface area contributed by atoms with Gasteiger partial charge in [-0.3, -0.25) is 0 Å². The molecule has 1 rings (SSSR count). The number of allylic oxidation sites excluding steroid dienone is 2. The molecule has 0 amide bonds. The Hall–Kier alpha value is -0.0100. The van der Waals surface area contributed by atoms with Crippen LogP contribution in [0.15, 0.2) is 12.2 Å². The number of hydrogen-bond donors (Lipinski definition) is 0. The van der Waals surface area contributed by atoms with E-state index in [2.05, 4.69) is 0 Å². The summed E-state index contributed by atoms with van der Waals surface area (Å²) in [5.41, 5.74) is 0. The minimum absolute atomic E-state index is 0.0910. The van der Waals surface area contributed by atoms with Crippen LogP contribution in [0.25, 0.3) is 0 Å². The fourth-order valence-corrected chi connectivity index (χ4v) is 1.96. The Morgan fingerprint density at radius 3 is 2.82 bits per heavy atom. The van der Waals surface area contributed by atoms with E-state index in [1.807, 2.05) is 12.2 Å². The van der Waals surface area contributed by atoms with Crippen molar-refractivity contribution in [2.24, 2.45) is 5.92 Å². The van der Waals surface area contributed by atoms with Gasteiger partial charge in [-0.05, 0) is 12.8 Å². The Kier molecular flexibility index (Phi) is 2.97. The van der Waals surface area contributed by atoms with Crippen LogP contribution in [0.3, 0.4) is 0 Å². The molecule has 0 radical (unpaired) electrons. The Labute approximate surface area is 76.4 Å². The van der Waals surface area contributed by atoms with Gasteiger partial charge < -0.3 is 4.79 Å². The van der Waals surface area contributed by atoms with Gasteiger partial charge in [0.25, 0.3) is 0 Å². The first-order chi connectivity index (χ1) is 5.23. The van der Waals surface area contributed by atoms with Crippen LogP contribution in [-0.2, 0) is 4.79 Å². The van der Waals surface area contributed by atoms with Gasteiger partial charge in [0.1, 0.15) is 11.2 Å². The predicted octanol–water partition coefficient (Wildman–Crippen LogP) is 2.37. The quantitative estimate of drug-likeness (QED) is 0.373. The van der Waals surface area contributed by atoms with Gasteiger partial charge in [-0.1, -0.05) is 12.2 Å². The highest BCUT2D eigenvalue weighted by atomic mass is 35.5. The lowest BCUT2D eigenvalue weighted by Gasteiger charge is -2.30. The molecule has 2 atom stereocenters. The lowest BCUT2D eigenvalue weighted by molar-refractivity contribution is -0.111. The number of hydrogen-bond acceptors (Lipinski definition) is 1. The first-order valence-electron chi connectivity index (χ1n) is 3.59. The molecule has 0 saturated heterocycles. The first-order valence-corrected chi connectivity index (χ1v) is 4.50.